The summed E-state index contributed by atoms with van der Waals surface area (Å²) in [5.74, 6) is 0.0904. The highest BCUT2D eigenvalue weighted by Gasteiger charge is 2.05. The number of amides is 1. The van der Waals surface area contributed by atoms with Gasteiger partial charge in [-0.3, -0.25) is 10.2 Å². The van der Waals surface area contributed by atoms with Gasteiger partial charge in [0.2, 0.25) is 0 Å². The lowest BCUT2D eigenvalue weighted by Gasteiger charge is -1.94. The molecule has 0 atom stereocenters. The predicted octanol–water partition coefficient (Wildman–Crippen LogP) is 0.0880. The third-order valence-electron chi connectivity index (χ3n) is 1.42. The highest BCUT2D eigenvalue weighted by atomic mass is 16.1. The molecule has 0 aromatic carbocycles. The number of aromatic nitrogens is 2. The number of rotatable bonds is 1. The van der Waals surface area contributed by atoms with Crippen LogP contribution in [0.5, 0.6) is 0 Å². The summed E-state index contributed by atoms with van der Waals surface area (Å²) in [6, 6.07) is 0. The minimum atomic E-state index is -0.192. The van der Waals surface area contributed by atoms with Crippen molar-refractivity contribution in [2.24, 2.45) is 0 Å². The molecule has 0 bridgehead atoms. The van der Waals surface area contributed by atoms with Gasteiger partial charge in [0.15, 0.2) is 0 Å². The van der Waals surface area contributed by atoms with Gasteiger partial charge < -0.3 is 5.32 Å². The fourth-order valence-corrected chi connectivity index (χ4v) is 0.768. The molecule has 0 radical (unpaired) electrons. The van der Waals surface area contributed by atoms with Crippen LogP contribution in [0.2, 0.25) is 0 Å². The first-order chi connectivity index (χ1) is 5.65. The Hall–Kier alpha value is -1.65. The van der Waals surface area contributed by atoms with Gasteiger partial charge in [-0.25, -0.2) is 4.68 Å². The molecule has 1 amide bonds. The van der Waals surface area contributed by atoms with E-state index >= 15 is 0 Å². The minimum Gasteiger partial charge on any atom is -0.355 e. The van der Waals surface area contributed by atoms with Gasteiger partial charge in [-0.15, -0.1) is 0 Å². The lowest BCUT2D eigenvalue weighted by Crippen LogP contribution is -2.17. The van der Waals surface area contributed by atoms with Crippen LogP contribution in [0.15, 0.2) is 12.4 Å². The summed E-state index contributed by atoms with van der Waals surface area (Å²) < 4.78 is 1.34. The van der Waals surface area contributed by atoms with E-state index in [1.54, 1.807) is 14.0 Å². The lowest BCUT2D eigenvalue weighted by atomic mass is 10.3. The average Bonchev–Trinajstić information content (AvgIpc) is 2.51. The van der Waals surface area contributed by atoms with Crippen LogP contribution in [0.1, 0.15) is 17.3 Å². The Labute approximate surface area is 69.9 Å². The SMILES string of the molecule is CNC(=O)c1cnn(C(C)=N)c1. The molecule has 0 aliphatic rings. The van der Waals surface area contributed by atoms with Crippen molar-refractivity contribution in [3.05, 3.63) is 18.0 Å². The number of carbonyl (C=O) groups excluding carboxylic acids is 1. The largest absolute Gasteiger partial charge is 0.355 e. The zero-order valence-corrected chi connectivity index (χ0v) is 6.96. The molecule has 5 heteroatoms. The lowest BCUT2D eigenvalue weighted by molar-refractivity contribution is 0.0963. The Balaban J connectivity index is 2.91. The molecule has 0 saturated carbocycles. The second kappa shape index (κ2) is 3.17. The molecule has 0 fully saturated rings. The van der Waals surface area contributed by atoms with Crippen LogP contribution in [0.4, 0.5) is 0 Å². The maximum absolute atomic E-state index is 11.0. The second-order valence-corrected chi connectivity index (χ2v) is 2.34. The number of carbonyl (C=O) groups is 1. The third-order valence-corrected chi connectivity index (χ3v) is 1.42. The molecule has 1 heterocycles. The molecule has 5 nitrogen and oxygen atoms in total. The summed E-state index contributed by atoms with van der Waals surface area (Å²) in [5, 5.41) is 13.5. The topological polar surface area (TPSA) is 70.8 Å². The Kier molecular flexibility index (Phi) is 2.23. The van der Waals surface area contributed by atoms with Crippen LogP contribution in [-0.2, 0) is 0 Å². The van der Waals surface area contributed by atoms with Crippen molar-refractivity contribution in [1.82, 2.24) is 15.1 Å². The quantitative estimate of drug-likeness (QED) is 0.458. The van der Waals surface area contributed by atoms with E-state index in [0.29, 0.717) is 5.56 Å². The maximum Gasteiger partial charge on any atom is 0.254 e. The molecule has 0 aliphatic carbocycles. The summed E-state index contributed by atoms with van der Waals surface area (Å²) in [5.41, 5.74) is 0.462. The molecule has 1 aromatic heterocycles. The Morgan fingerprint density at radius 3 is 2.83 bits per heavy atom. The van der Waals surface area contributed by atoms with Gasteiger partial charge in [-0.1, -0.05) is 0 Å². The van der Waals surface area contributed by atoms with Crippen molar-refractivity contribution in [2.45, 2.75) is 6.92 Å². The smallest absolute Gasteiger partial charge is 0.254 e. The first-order valence-electron chi connectivity index (χ1n) is 3.47. The molecule has 64 valence electrons. The normalized spacial score (nSPS) is 9.50. The molecule has 12 heavy (non-hydrogen) atoms. The van der Waals surface area contributed by atoms with Crippen molar-refractivity contribution >= 4 is 11.7 Å². The van der Waals surface area contributed by atoms with Crippen LogP contribution >= 0.6 is 0 Å². The van der Waals surface area contributed by atoms with Crippen molar-refractivity contribution in [3.63, 3.8) is 0 Å². The molecule has 0 aliphatic heterocycles. The van der Waals surface area contributed by atoms with E-state index in [1.165, 1.54) is 17.1 Å². The van der Waals surface area contributed by atoms with Crippen LogP contribution in [-0.4, -0.2) is 28.6 Å². The van der Waals surface area contributed by atoms with Crippen LogP contribution in [0.25, 0.3) is 0 Å². The van der Waals surface area contributed by atoms with Gasteiger partial charge >= 0.3 is 0 Å². The number of hydrogen-bond acceptors (Lipinski definition) is 3. The van der Waals surface area contributed by atoms with E-state index in [9.17, 15) is 4.79 Å². The van der Waals surface area contributed by atoms with Gasteiger partial charge in [0.1, 0.15) is 5.84 Å². The molecule has 1 rings (SSSR count). The standard InChI is InChI=1S/C7H10N4O/c1-5(8)11-4-6(3-10-11)7(12)9-2/h3-4,8H,1-2H3,(H,9,12). The first-order valence-corrected chi connectivity index (χ1v) is 3.47. The fraction of sp³-hybridized carbons (Fsp3) is 0.286. The van der Waals surface area contributed by atoms with Crippen molar-refractivity contribution in [1.29, 1.82) is 5.41 Å². The highest BCUT2D eigenvalue weighted by molar-refractivity contribution is 5.94. The zero-order valence-electron chi connectivity index (χ0n) is 6.96. The average molecular weight is 166 g/mol. The monoisotopic (exact) mass is 166 g/mol. The third kappa shape index (κ3) is 1.50. The fourth-order valence-electron chi connectivity index (χ4n) is 0.768. The van der Waals surface area contributed by atoms with Crippen LogP contribution in [0.3, 0.4) is 0 Å². The van der Waals surface area contributed by atoms with E-state index in [0.717, 1.165) is 0 Å². The van der Waals surface area contributed by atoms with Gasteiger partial charge in [0, 0.05) is 13.2 Å². The van der Waals surface area contributed by atoms with E-state index in [4.69, 9.17) is 5.41 Å². The van der Waals surface area contributed by atoms with Crippen LogP contribution < -0.4 is 5.32 Å². The molecular weight excluding hydrogens is 156 g/mol. The maximum atomic E-state index is 11.0. The second-order valence-electron chi connectivity index (χ2n) is 2.34. The molecule has 0 saturated heterocycles. The van der Waals surface area contributed by atoms with E-state index in [2.05, 4.69) is 10.4 Å². The van der Waals surface area contributed by atoms with E-state index in [-0.39, 0.29) is 11.7 Å². The first kappa shape index (κ1) is 8.45. The zero-order chi connectivity index (χ0) is 9.14. The van der Waals surface area contributed by atoms with E-state index in [1.807, 2.05) is 0 Å². The minimum absolute atomic E-state index is 0.192. The molecular formula is C7H10N4O. The number of nitrogens with zero attached hydrogens (tertiary/aromatic N) is 2. The van der Waals surface area contributed by atoms with Crippen LogP contribution in [0, 0.1) is 5.41 Å². The Morgan fingerprint density at radius 1 is 1.75 bits per heavy atom. The summed E-state index contributed by atoms with van der Waals surface area (Å²) in [7, 11) is 1.55. The highest BCUT2D eigenvalue weighted by Crippen LogP contribution is 1.96. The van der Waals surface area contributed by atoms with Crippen molar-refractivity contribution in [2.75, 3.05) is 7.05 Å². The molecule has 2 N–H and O–H groups in total. The summed E-state index contributed by atoms with van der Waals surface area (Å²) in [6.45, 7) is 1.60. The molecule has 1 aromatic rings. The molecule has 0 spiro atoms. The van der Waals surface area contributed by atoms with Gasteiger partial charge in [0.05, 0.1) is 11.8 Å². The number of hydrogen-bond donors (Lipinski definition) is 2. The Morgan fingerprint density at radius 2 is 2.42 bits per heavy atom. The van der Waals surface area contributed by atoms with E-state index < -0.39 is 0 Å². The number of nitrogens with one attached hydrogen (secondary N) is 2. The summed E-state index contributed by atoms with van der Waals surface area (Å²) >= 11 is 0. The molecule has 0 unspecified atom stereocenters. The van der Waals surface area contributed by atoms with Crippen molar-refractivity contribution in [3.8, 4) is 0 Å². The summed E-state index contributed by atoms with van der Waals surface area (Å²) in [6.07, 6.45) is 2.94. The van der Waals surface area contributed by atoms with Gasteiger partial charge in [-0.2, -0.15) is 5.10 Å². The van der Waals surface area contributed by atoms with Crippen molar-refractivity contribution < 1.29 is 4.79 Å². The van der Waals surface area contributed by atoms with Gasteiger partial charge in [-0.05, 0) is 6.92 Å². The summed E-state index contributed by atoms with van der Waals surface area (Å²) in [4.78, 5) is 11.0. The Bertz CT molecular complexity index is 315. The predicted molar refractivity (Wildman–Crippen MR) is 44.4 cm³/mol. The van der Waals surface area contributed by atoms with Gasteiger partial charge in [0.25, 0.3) is 5.91 Å².